The minimum absolute atomic E-state index is 0.801. The van der Waals surface area contributed by atoms with Crippen LogP contribution in [0.15, 0.2) is 23.8 Å². The van der Waals surface area contributed by atoms with Gasteiger partial charge in [0.1, 0.15) is 0 Å². The molecule has 92 valence electrons. The monoisotopic (exact) mass is 231 g/mol. The predicted molar refractivity (Wildman–Crippen MR) is 73.1 cm³/mol. The topological polar surface area (TPSA) is 12.5 Å². The van der Waals surface area contributed by atoms with Crippen molar-refractivity contribution in [2.45, 2.75) is 33.6 Å². The highest BCUT2D eigenvalue weighted by Gasteiger charge is 2.19. The van der Waals surface area contributed by atoms with Gasteiger partial charge in [0.05, 0.1) is 12.3 Å². The highest BCUT2D eigenvalue weighted by atomic mass is 16.7. The Bertz CT molecular complexity index is 419. The number of hydrogen-bond donors (Lipinski definition) is 0. The zero-order chi connectivity index (χ0) is 12.3. The first-order valence-corrected chi connectivity index (χ1v) is 6.39. The van der Waals surface area contributed by atoms with Crippen molar-refractivity contribution in [2.75, 3.05) is 18.2 Å². The van der Waals surface area contributed by atoms with E-state index in [9.17, 15) is 0 Å². The van der Waals surface area contributed by atoms with Crippen LogP contribution in [0.5, 0.6) is 0 Å². The maximum Gasteiger partial charge on any atom is 0.0746 e. The van der Waals surface area contributed by atoms with E-state index in [0.29, 0.717) is 0 Å². The summed E-state index contributed by atoms with van der Waals surface area (Å²) >= 11 is 0. The molecule has 2 rings (SSSR count). The van der Waals surface area contributed by atoms with Crippen molar-refractivity contribution in [2.24, 2.45) is 0 Å². The Morgan fingerprint density at radius 1 is 1.41 bits per heavy atom. The van der Waals surface area contributed by atoms with Crippen molar-refractivity contribution < 1.29 is 4.84 Å². The van der Waals surface area contributed by atoms with Crippen LogP contribution in [0, 0.1) is 0 Å². The molecule has 0 aliphatic carbocycles. The number of fused-ring (bicyclic) bond motifs is 1. The summed E-state index contributed by atoms with van der Waals surface area (Å²) in [4.78, 5) is 5.72. The van der Waals surface area contributed by atoms with Gasteiger partial charge in [0.15, 0.2) is 0 Å². The van der Waals surface area contributed by atoms with Crippen LogP contribution < -0.4 is 5.06 Å². The molecule has 0 aromatic heterocycles. The van der Waals surface area contributed by atoms with Gasteiger partial charge in [0.2, 0.25) is 0 Å². The van der Waals surface area contributed by atoms with Gasteiger partial charge in [0.25, 0.3) is 0 Å². The number of rotatable bonds is 4. The molecule has 1 heterocycles. The second-order valence-corrected chi connectivity index (χ2v) is 4.80. The highest BCUT2D eigenvalue weighted by molar-refractivity contribution is 5.63. The van der Waals surface area contributed by atoms with Crippen molar-refractivity contribution in [1.82, 2.24) is 0 Å². The summed E-state index contributed by atoms with van der Waals surface area (Å²) in [6.07, 6.45) is 4.36. The molecule has 0 fully saturated rings. The summed E-state index contributed by atoms with van der Waals surface area (Å²) in [6, 6.07) is 6.61. The molecule has 0 saturated carbocycles. The third kappa shape index (κ3) is 2.89. The lowest BCUT2D eigenvalue weighted by molar-refractivity contribution is 0.114. The Kier molecular flexibility index (Phi) is 3.85. The largest absolute Gasteiger partial charge is 0.273 e. The van der Waals surface area contributed by atoms with E-state index in [2.05, 4.69) is 45.0 Å². The second-order valence-electron chi connectivity index (χ2n) is 4.80. The Morgan fingerprint density at radius 3 is 2.94 bits per heavy atom. The van der Waals surface area contributed by atoms with Crippen LogP contribution >= 0.6 is 0 Å². The molecular weight excluding hydrogens is 210 g/mol. The lowest BCUT2D eigenvalue weighted by Gasteiger charge is -2.18. The lowest BCUT2D eigenvalue weighted by Crippen LogP contribution is -2.21. The third-order valence-corrected chi connectivity index (χ3v) is 2.86. The van der Waals surface area contributed by atoms with Crippen molar-refractivity contribution in [1.29, 1.82) is 0 Å². The van der Waals surface area contributed by atoms with Gasteiger partial charge in [-0.15, -0.1) is 0 Å². The van der Waals surface area contributed by atoms with E-state index in [4.69, 9.17) is 4.84 Å². The van der Waals surface area contributed by atoms with Crippen LogP contribution in [0.1, 0.15) is 38.3 Å². The number of nitrogens with zero attached hydrogens (tertiary/aromatic N) is 1. The maximum atomic E-state index is 5.72. The smallest absolute Gasteiger partial charge is 0.0746 e. The molecular formula is C15H21NO. The van der Waals surface area contributed by atoms with Crippen LogP contribution in [-0.2, 0) is 11.3 Å². The third-order valence-electron chi connectivity index (χ3n) is 2.86. The summed E-state index contributed by atoms with van der Waals surface area (Å²) in [5.41, 5.74) is 5.27. The molecule has 1 aromatic carbocycles. The second kappa shape index (κ2) is 5.37. The summed E-state index contributed by atoms with van der Waals surface area (Å²) in [5, 5.41) is 2.03. The Hall–Kier alpha value is -1.28. The number of hydrogen-bond acceptors (Lipinski definition) is 2. The van der Waals surface area contributed by atoms with Crippen LogP contribution in [0.3, 0.4) is 0 Å². The van der Waals surface area contributed by atoms with Crippen molar-refractivity contribution >= 4 is 11.8 Å². The molecule has 0 bridgehead atoms. The van der Waals surface area contributed by atoms with Crippen LogP contribution in [0.4, 0.5) is 5.69 Å². The maximum absolute atomic E-state index is 5.72. The van der Waals surface area contributed by atoms with E-state index in [0.717, 1.165) is 26.0 Å². The molecule has 1 aliphatic heterocycles. The first kappa shape index (κ1) is 12.2. The Balaban J connectivity index is 2.17. The molecule has 17 heavy (non-hydrogen) atoms. The van der Waals surface area contributed by atoms with Gasteiger partial charge in [-0.05, 0) is 49.9 Å². The van der Waals surface area contributed by atoms with E-state index in [1.807, 2.05) is 5.06 Å². The average Bonchev–Trinajstić information content (AvgIpc) is 2.68. The Morgan fingerprint density at radius 2 is 2.24 bits per heavy atom. The quantitative estimate of drug-likeness (QED) is 0.781. The zero-order valence-electron chi connectivity index (χ0n) is 11.0. The van der Waals surface area contributed by atoms with Gasteiger partial charge in [-0.1, -0.05) is 24.6 Å². The van der Waals surface area contributed by atoms with Crippen molar-refractivity contribution in [3.63, 3.8) is 0 Å². The molecule has 0 spiro atoms. The number of allylic oxidation sites excluding steroid dienone is 1. The van der Waals surface area contributed by atoms with Gasteiger partial charge in [-0.2, -0.15) is 0 Å². The first-order chi connectivity index (χ1) is 8.20. The molecule has 0 radical (unpaired) electrons. The zero-order valence-corrected chi connectivity index (χ0v) is 11.0. The molecule has 0 saturated heterocycles. The molecule has 1 aliphatic rings. The first-order valence-electron chi connectivity index (χ1n) is 6.39. The van der Waals surface area contributed by atoms with E-state index in [-0.39, 0.29) is 0 Å². The summed E-state index contributed by atoms with van der Waals surface area (Å²) in [5.74, 6) is 0. The molecule has 0 amide bonds. The Labute approximate surface area is 104 Å². The average molecular weight is 231 g/mol. The van der Waals surface area contributed by atoms with Gasteiger partial charge < -0.3 is 0 Å². The van der Waals surface area contributed by atoms with Crippen molar-refractivity contribution in [3.8, 4) is 0 Å². The molecule has 0 atom stereocenters. The number of hydroxylamine groups is 1. The lowest BCUT2D eigenvalue weighted by atomic mass is 10.1. The van der Waals surface area contributed by atoms with Crippen molar-refractivity contribution in [3.05, 3.63) is 34.9 Å². The standard InChI is InChI=1S/C15H21NO/c1-4-9-17-16-8-7-14-11-13(10-12(2)3)5-6-15(14)16/h5-6,10-11H,4,7-9H2,1-3H3. The fraction of sp³-hybridized carbons (Fsp3) is 0.467. The molecule has 2 nitrogen and oxygen atoms in total. The summed E-state index contributed by atoms with van der Waals surface area (Å²) < 4.78 is 0. The minimum Gasteiger partial charge on any atom is -0.273 e. The predicted octanol–water partition coefficient (Wildman–Crippen LogP) is 3.81. The van der Waals surface area contributed by atoms with Gasteiger partial charge >= 0.3 is 0 Å². The molecule has 2 heteroatoms. The number of anilines is 1. The van der Waals surface area contributed by atoms with Crippen LogP contribution in [-0.4, -0.2) is 13.2 Å². The molecule has 0 N–H and O–H groups in total. The summed E-state index contributed by atoms with van der Waals surface area (Å²) in [7, 11) is 0. The van der Waals surface area contributed by atoms with Gasteiger partial charge in [-0.25, -0.2) is 0 Å². The molecule has 1 aromatic rings. The van der Waals surface area contributed by atoms with Crippen LogP contribution in [0.2, 0.25) is 0 Å². The van der Waals surface area contributed by atoms with Crippen LogP contribution in [0.25, 0.3) is 6.08 Å². The SMILES string of the molecule is CCCON1CCc2cc(C=C(C)C)ccc21. The fourth-order valence-electron chi connectivity index (χ4n) is 2.15. The fourth-order valence-corrected chi connectivity index (χ4v) is 2.15. The van der Waals surface area contributed by atoms with E-state index in [1.54, 1.807) is 0 Å². The minimum atomic E-state index is 0.801. The van der Waals surface area contributed by atoms with E-state index < -0.39 is 0 Å². The van der Waals surface area contributed by atoms with Gasteiger partial charge in [0, 0.05) is 6.54 Å². The highest BCUT2D eigenvalue weighted by Crippen LogP contribution is 2.29. The van der Waals surface area contributed by atoms with E-state index in [1.165, 1.54) is 22.4 Å². The normalized spacial score (nSPS) is 13.7. The number of benzene rings is 1. The summed E-state index contributed by atoms with van der Waals surface area (Å²) in [6.45, 7) is 8.17. The van der Waals surface area contributed by atoms with E-state index >= 15 is 0 Å². The van der Waals surface area contributed by atoms with Gasteiger partial charge in [-0.3, -0.25) is 9.90 Å². The molecule has 0 unspecified atom stereocenters.